The lowest BCUT2D eigenvalue weighted by atomic mass is 10.1. The monoisotopic (exact) mass is 199 g/mol. The molecule has 2 amide bonds. The highest BCUT2D eigenvalue weighted by Gasteiger charge is 2.34. The molecule has 1 heterocycles. The summed E-state index contributed by atoms with van der Waals surface area (Å²) < 4.78 is 0. The van der Waals surface area contributed by atoms with E-state index in [-0.39, 0.29) is 31.1 Å². The van der Waals surface area contributed by atoms with Gasteiger partial charge in [-0.05, 0) is 6.42 Å². The van der Waals surface area contributed by atoms with Gasteiger partial charge in [-0.3, -0.25) is 19.3 Å². The summed E-state index contributed by atoms with van der Waals surface area (Å²) in [7, 11) is 0. The van der Waals surface area contributed by atoms with Gasteiger partial charge in [0.2, 0.25) is 11.8 Å². The molecular weight excluding hydrogens is 186 g/mol. The second kappa shape index (κ2) is 4.21. The fourth-order valence-corrected chi connectivity index (χ4v) is 1.62. The van der Waals surface area contributed by atoms with Crippen molar-refractivity contribution in [1.29, 1.82) is 0 Å². The number of nitrogens with zero attached hydrogens (tertiary/aromatic N) is 1. The number of carbonyl (C=O) groups is 3. The molecule has 78 valence electrons. The molecule has 14 heavy (non-hydrogen) atoms. The van der Waals surface area contributed by atoms with Crippen molar-refractivity contribution < 1.29 is 19.5 Å². The van der Waals surface area contributed by atoms with Crippen LogP contribution in [0.5, 0.6) is 0 Å². The number of likely N-dealkylation sites (tertiary alicyclic amines) is 1. The number of carbonyl (C=O) groups excluding carboxylic acids is 2. The molecule has 1 N–H and O–H groups in total. The first-order valence-electron chi connectivity index (χ1n) is 4.63. The van der Waals surface area contributed by atoms with Crippen LogP contribution in [0.25, 0.3) is 0 Å². The summed E-state index contributed by atoms with van der Waals surface area (Å²) in [6.07, 6.45) is 0.766. The third kappa shape index (κ3) is 2.10. The van der Waals surface area contributed by atoms with E-state index in [1.54, 1.807) is 6.92 Å². The van der Waals surface area contributed by atoms with Gasteiger partial charge in [-0.2, -0.15) is 0 Å². The fraction of sp³-hybridized carbons (Fsp3) is 0.667. The number of hydrogen-bond acceptors (Lipinski definition) is 3. The van der Waals surface area contributed by atoms with Gasteiger partial charge >= 0.3 is 5.97 Å². The van der Waals surface area contributed by atoms with Crippen molar-refractivity contribution in [2.24, 2.45) is 0 Å². The predicted molar refractivity (Wildman–Crippen MR) is 47.4 cm³/mol. The normalized spacial score (nSPS) is 18.8. The van der Waals surface area contributed by atoms with Gasteiger partial charge in [-0.15, -0.1) is 0 Å². The number of imide groups is 1. The highest BCUT2D eigenvalue weighted by Crippen LogP contribution is 2.19. The van der Waals surface area contributed by atoms with Gasteiger partial charge in [0.25, 0.3) is 0 Å². The summed E-state index contributed by atoms with van der Waals surface area (Å²) >= 11 is 0. The molecule has 1 aliphatic heterocycles. The molecule has 1 unspecified atom stereocenters. The van der Waals surface area contributed by atoms with E-state index in [1.807, 2.05) is 0 Å². The molecule has 5 heteroatoms. The van der Waals surface area contributed by atoms with Crippen molar-refractivity contribution in [2.75, 3.05) is 0 Å². The molecule has 0 aliphatic carbocycles. The van der Waals surface area contributed by atoms with Gasteiger partial charge in [-0.25, -0.2) is 0 Å². The van der Waals surface area contributed by atoms with Crippen molar-refractivity contribution in [3.05, 3.63) is 0 Å². The third-order valence-corrected chi connectivity index (χ3v) is 2.34. The van der Waals surface area contributed by atoms with Gasteiger partial charge < -0.3 is 5.11 Å². The Morgan fingerprint density at radius 3 is 2.29 bits per heavy atom. The maximum absolute atomic E-state index is 11.3. The summed E-state index contributed by atoms with van der Waals surface area (Å²) in [5.74, 6) is -1.48. The van der Waals surface area contributed by atoms with E-state index in [2.05, 4.69) is 0 Å². The summed E-state index contributed by atoms with van der Waals surface area (Å²) in [6.45, 7) is 1.77. The fourth-order valence-electron chi connectivity index (χ4n) is 1.62. The van der Waals surface area contributed by atoms with Crippen LogP contribution in [-0.4, -0.2) is 33.8 Å². The third-order valence-electron chi connectivity index (χ3n) is 2.34. The number of amides is 2. The topological polar surface area (TPSA) is 74.7 Å². The lowest BCUT2D eigenvalue weighted by Gasteiger charge is -2.23. The van der Waals surface area contributed by atoms with E-state index < -0.39 is 12.0 Å². The van der Waals surface area contributed by atoms with Crippen LogP contribution in [0.1, 0.15) is 32.6 Å². The van der Waals surface area contributed by atoms with E-state index in [1.165, 1.54) is 0 Å². The molecule has 0 aromatic rings. The number of hydrogen-bond donors (Lipinski definition) is 1. The molecule has 1 rings (SSSR count). The smallest absolute Gasteiger partial charge is 0.305 e. The molecule has 1 aliphatic rings. The molecule has 0 spiro atoms. The molecule has 0 bridgehead atoms. The molecule has 5 nitrogen and oxygen atoms in total. The van der Waals surface area contributed by atoms with Gasteiger partial charge in [-0.1, -0.05) is 6.92 Å². The van der Waals surface area contributed by atoms with Crippen molar-refractivity contribution in [1.82, 2.24) is 4.90 Å². The Balaban J connectivity index is 2.72. The standard InChI is InChI=1S/C9H13NO4/c1-2-6(5-9(13)14)10-7(11)3-4-8(10)12/h6H,2-5H2,1H3,(H,13,14). The highest BCUT2D eigenvalue weighted by molar-refractivity contribution is 6.02. The molecule has 0 aromatic heterocycles. The largest absolute Gasteiger partial charge is 0.481 e. The zero-order valence-electron chi connectivity index (χ0n) is 8.02. The number of carboxylic acids is 1. The van der Waals surface area contributed by atoms with Crippen LogP contribution >= 0.6 is 0 Å². The Morgan fingerprint density at radius 2 is 1.93 bits per heavy atom. The molecule has 0 saturated carbocycles. The lowest BCUT2D eigenvalue weighted by molar-refractivity contribution is -0.144. The van der Waals surface area contributed by atoms with Crippen LogP contribution in [0, 0.1) is 0 Å². The molecular formula is C9H13NO4. The molecule has 0 radical (unpaired) electrons. The predicted octanol–water partition coefficient (Wildman–Crippen LogP) is 0.389. The average molecular weight is 199 g/mol. The second-order valence-electron chi connectivity index (χ2n) is 3.32. The van der Waals surface area contributed by atoms with Gasteiger partial charge in [0.15, 0.2) is 0 Å². The maximum atomic E-state index is 11.3. The van der Waals surface area contributed by atoms with Crippen LogP contribution in [0.4, 0.5) is 0 Å². The van der Waals surface area contributed by atoms with E-state index in [0.717, 1.165) is 4.90 Å². The van der Waals surface area contributed by atoms with Crippen molar-refractivity contribution in [3.63, 3.8) is 0 Å². The van der Waals surface area contributed by atoms with Crippen LogP contribution < -0.4 is 0 Å². The Morgan fingerprint density at radius 1 is 1.43 bits per heavy atom. The van der Waals surface area contributed by atoms with Crippen molar-refractivity contribution in [3.8, 4) is 0 Å². The Labute approximate surface area is 81.7 Å². The van der Waals surface area contributed by atoms with Crippen LogP contribution in [0.2, 0.25) is 0 Å². The van der Waals surface area contributed by atoms with E-state index >= 15 is 0 Å². The number of aliphatic carboxylic acids is 1. The quantitative estimate of drug-likeness (QED) is 0.664. The van der Waals surface area contributed by atoms with E-state index in [4.69, 9.17) is 5.11 Å². The second-order valence-corrected chi connectivity index (χ2v) is 3.32. The molecule has 1 atom stereocenters. The first kappa shape index (κ1) is 10.7. The number of rotatable bonds is 4. The minimum Gasteiger partial charge on any atom is -0.481 e. The summed E-state index contributed by atoms with van der Waals surface area (Å²) in [5, 5.41) is 8.60. The molecule has 1 fully saturated rings. The Hall–Kier alpha value is -1.39. The molecule has 0 aromatic carbocycles. The molecule has 1 saturated heterocycles. The average Bonchev–Trinajstić information content (AvgIpc) is 2.43. The SMILES string of the molecule is CCC(CC(=O)O)N1C(=O)CCC1=O. The summed E-state index contributed by atoms with van der Waals surface area (Å²) in [5.41, 5.74) is 0. The van der Waals surface area contributed by atoms with Gasteiger partial charge in [0.05, 0.1) is 6.42 Å². The Kier molecular flexibility index (Phi) is 3.22. The minimum atomic E-state index is -0.982. The lowest BCUT2D eigenvalue weighted by Crippen LogP contribution is -2.40. The van der Waals surface area contributed by atoms with Gasteiger partial charge in [0.1, 0.15) is 0 Å². The Bertz CT molecular complexity index is 258. The first-order valence-corrected chi connectivity index (χ1v) is 4.63. The van der Waals surface area contributed by atoms with Crippen molar-refractivity contribution in [2.45, 2.75) is 38.6 Å². The summed E-state index contributed by atoms with van der Waals surface area (Å²) in [6, 6.07) is -0.477. The van der Waals surface area contributed by atoms with E-state index in [0.29, 0.717) is 6.42 Å². The maximum Gasteiger partial charge on any atom is 0.305 e. The first-order chi connectivity index (χ1) is 6.56. The van der Waals surface area contributed by atoms with Crippen LogP contribution in [-0.2, 0) is 14.4 Å². The summed E-state index contributed by atoms with van der Waals surface area (Å²) in [4.78, 5) is 34.2. The van der Waals surface area contributed by atoms with Gasteiger partial charge in [0, 0.05) is 18.9 Å². The zero-order valence-corrected chi connectivity index (χ0v) is 8.02. The highest BCUT2D eigenvalue weighted by atomic mass is 16.4. The van der Waals surface area contributed by atoms with Crippen LogP contribution in [0.15, 0.2) is 0 Å². The number of carboxylic acid groups (broad SMARTS) is 1. The van der Waals surface area contributed by atoms with Crippen molar-refractivity contribution >= 4 is 17.8 Å². The minimum absolute atomic E-state index is 0.159. The van der Waals surface area contributed by atoms with Crippen LogP contribution in [0.3, 0.4) is 0 Å². The van der Waals surface area contributed by atoms with E-state index in [9.17, 15) is 14.4 Å². The zero-order chi connectivity index (χ0) is 10.7.